The van der Waals surface area contributed by atoms with Gasteiger partial charge in [-0.25, -0.2) is 9.78 Å². The molecule has 0 aliphatic rings. The fourth-order valence-corrected chi connectivity index (χ4v) is 4.03. The minimum Gasteiger partial charge on any atom is -0.462 e. The van der Waals surface area contributed by atoms with Crippen LogP contribution in [0.15, 0.2) is 5.16 Å². The molecule has 2 rings (SSSR count). The predicted molar refractivity (Wildman–Crippen MR) is 108 cm³/mol. The molecular formula is C20H29N3O3S. The van der Waals surface area contributed by atoms with Gasteiger partial charge in [0.25, 0.3) is 0 Å². The first-order valence-corrected chi connectivity index (χ1v) is 10.2. The van der Waals surface area contributed by atoms with Gasteiger partial charge in [-0.15, -0.1) is 0 Å². The van der Waals surface area contributed by atoms with E-state index >= 15 is 0 Å². The summed E-state index contributed by atoms with van der Waals surface area (Å²) in [5.41, 5.74) is 4.36. The third kappa shape index (κ3) is 4.64. The largest absolute Gasteiger partial charge is 0.462 e. The number of nitrogens with zero attached hydrogens (tertiary/aromatic N) is 2. The lowest BCUT2D eigenvalue weighted by Crippen LogP contribution is -2.10. The number of carbonyl (C=O) groups excluding carboxylic acids is 2. The lowest BCUT2D eigenvalue weighted by atomic mass is 10.1. The quantitative estimate of drug-likeness (QED) is 0.413. The number of Topliss-reactive ketones (excluding diaryl/α,β-unsaturated/α-hetero) is 1. The van der Waals surface area contributed by atoms with Crippen LogP contribution in [0.4, 0.5) is 0 Å². The highest BCUT2D eigenvalue weighted by atomic mass is 32.2. The van der Waals surface area contributed by atoms with Crippen molar-refractivity contribution in [1.29, 1.82) is 0 Å². The zero-order chi connectivity index (χ0) is 20.3. The number of ether oxygens (including phenoxy) is 1. The molecule has 1 N–H and O–H groups in total. The van der Waals surface area contributed by atoms with Gasteiger partial charge in [-0.3, -0.25) is 4.79 Å². The van der Waals surface area contributed by atoms with E-state index in [0.717, 1.165) is 23.1 Å². The van der Waals surface area contributed by atoms with Gasteiger partial charge in [0.2, 0.25) is 0 Å². The summed E-state index contributed by atoms with van der Waals surface area (Å²) in [7, 11) is 0. The molecule has 2 heterocycles. The van der Waals surface area contributed by atoms with Crippen molar-refractivity contribution in [3.8, 4) is 0 Å². The molecule has 0 atom stereocenters. The van der Waals surface area contributed by atoms with Crippen LogP contribution < -0.4 is 0 Å². The maximum Gasteiger partial charge on any atom is 0.340 e. The Hall–Kier alpha value is -2.02. The standard InChI is InChI=1S/C20H29N3O3S/c1-8-26-19(25)17-12(4)18(21-14(17)6)16(24)10-27-20-22-13(5)15(7)23(20)9-11(2)3/h11,21H,8-10H2,1-7H3. The van der Waals surface area contributed by atoms with Crippen molar-refractivity contribution < 1.29 is 14.3 Å². The fourth-order valence-electron chi connectivity index (χ4n) is 3.05. The molecule has 0 aliphatic heterocycles. The van der Waals surface area contributed by atoms with Crippen LogP contribution in [-0.4, -0.2) is 38.6 Å². The Morgan fingerprint density at radius 1 is 1.22 bits per heavy atom. The van der Waals surface area contributed by atoms with E-state index in [2.05, 4.69) is 35.3 Å². The SMILES string of the molecule is CCOC(=O)c1c(C)[nH]c(C(=O)CSc2nc(C)c(C)n2CC(C)C)c1C. The van der Waals surface area contributed by atoms with Crippen molar-refractivity contribution in [3.63, 3.8) is 0 Å². The Morgan fingerprint density at radius 3 is 2.48 bits per heavy atom. The van der Waals surface area contributed by atoms with Crippen molar-refractivity contribution in [2.45, 2.75) is 60.2 Å². The van der Waals surface area contributed by atoms with E-state index in [1.54, 1.807) is 20.8 Å². The summed E-state index contributed by atoms with van der Waals surface area (Å²) in [5.74, 6) is 0.310. The molecule has 0 saturated carbocycles. The van der Waals surface area contributed by atoms with E-state index in [1.807, 2.05) is 6.92 Å². The molecule has 148 valence electrons. The number of esters is 1. The second kappa shape index (κ2) is 8.78. The summed E-state index contributed by atoms with van der Waals surface area (Å²) in [6.07, 6.45) is 0. The van der Waals surface area contributed by atoms with Crippen LogP contribution in [0.1, 0.15) is 64.3 Å². The first kappa shape index (κ1) is 21.3. The lowest BCUT2D eigenvalue weighted by molar-refractivity contribution is 0.0525. The number of carbonyl (C=O) groups is 2. The summed E-state index contributed by atoms with van der Waals surface area (Å²) in [6.45, 7) is 14.9. The summed E-state index contributed by atoms with van der Waals surface area (Å²) < 4.78 is 7.27. The molecule has 0 aromatic carbocycles. The number of aromatic amines is 1. The Balaban J connectivity index is 2.19. The number of H-pyrrole nitrogens is 1. The number of hydrogen-bond acceptors (Lipinski definition) is 5. The summed E-state index contributed by atoms with van der Waals surface area (Å²) in [5, 5.41) is 0.860. The lowest BCUT2D eigenvalue weighted by Gasteiger charge is -2.12. The predicted octanol–water partition coefficient (Wildman–Crippen LogP) is 4.25. The van der Waals surface area contributed by atoms with Gasteiger partial charge < -0.3 is 14.3 Å². The molecule has 2 aromatic heterocycles. The molecule has 0 saturated heterocycles. The number of hydrogen-bond donors (Lipinski definition) is 1. The topological polar surface area (TPSA) is 77.0 Å². The molecule has 2 aromatic rings. The van der Waals surface area contributed by atoms with Crippen LogP contribution >= 0.6 is 11.8 Å². The summed E-state index contributed by atoms with van der Waals surface area (Å²) in [4.78, 5) is 32.6. The zero-order valence-corrected chi connectivity index (χ0v) is 18.0. The summed E-state index contributed by atoms with van der Waals surface area (Å²) >= 11 is 1.44. The van der Waals surface area contributed by atoms with Crippen molar-refractivity contribution in [2.75, 3.05) is 12.4 Å². The highest BCUT2D eigenvalue weighted by Gasteiger charge is 2.23. The van der Waals surface area contributed by atoms with Gasteiger partial charge in [-0.05, 0) is 46.1 Å². The number of thioether (sulfide) groups is 1. The molecule has 7 heteroatoms. The molecule has 0 aliphatic carbocycles. The van der Waals surface area contributed by atoms with Crippen LogP contribution in [0.5, 0.6) is 0 Å². The monoisotopic (exact) mass is 391 g/mol. The average molecular weight is 392 g/mol. The first-order chi connectivity index (χ1) is 12.7. The highest BCUT2D eigenvalue weighted by molar-refractivity contribution is 7.99. The van der Waals surface area contributed by atoms with E-state index in [9.17, 15) is 9.59 Å². The van der Waals surface area contributed by atoms with E-state index in [0.29, 0.717) is 35.0 Å². The van der Waals surface area contributed by atoms with Gasteiger partial charge in [0.05, 0.1) is 29.3 Å². The Bertz CT molecular complexity index is 849. The van der Waals surface area contributed by atoms with Crippen LogP contribution in [0.3, 0.4) is 0 Å². The maximum absolute atomic E-state index is 12.8. The van der Waals surface area contributed by atoms with Crippen LogP contribution in [0.25, 0.3) is 0 Å². The van der Waals surface area contributed by atoms with Gasteiger partial charge in [0.1, 0.15) is 0 Å². The second-order valence-electron chi connectivity index (χ2n) is 7.13. The Morgan fingerprint density at radius 2 is 1.89 bits per heavy atom. The minimum absolute atomic E-state index is 0.0504. The molecule has 0 amide bonds. The molecule has 0 spiro atoms. The highest BCUT2D eigenvalue weighted by Crippen LogP contribution is 2.25. The van der Waals surface area contributed by atoms with Gasteiger partial charge in [0, 0.05) is 17.9 Å². The number of nitrogens with one attached hydrogen (secondary N) is 1. The van der Waals surface area contributed by atoms with Crippen molar-refractivity contribution in [3.05, 3.63) is 33.9 Å². The molecule has 6 nitrogen and oxygen atoms in total. The second-order valence-corrected chi connectivity index (χ2v) is 8.07. The van der Waals surface area contributed by atoms with Crippen molar-refractivity contribution in [2.24, 2.45) is 5.92 Å². The number of aromatic nitrogens is 3. The zero-order valence-electron chi connectivity index (χ0n) is 17.2. The van der Waals surface area contributed by atoms with E-state index < -0.39 is 5.97 Å². The van der Waals surface area contributed by atoms with Gasteiger partial charge in [-0.1, -0.05) is 25.6 Å². The molecular weight excluding hydrogens is 362 g/mol. The number of imidazole rings is 1. The Kier molecular flexibility index (Phi) is 6.92. The van der Waals surface area contributed by atoms with Crippen molar-refractivity contribution >= 4 is 23.5 Å². The normalized spacial score (nSPS) is 11.3. The van der Waals surface area contributed by atoms with Gasteiger partial charge in [-0.2, -0.15) is 0 Å². The molecule has 0 unspecified atom stereocenters. The smallest absolute Gasteiger partial charge is 0.340 e. The van der Waals surface area contributed by atoms with E-state index in [-0.39, 0.29) is 11.5 Å². The number of rotatable bonds is 8. The van der Waals surface area contributed by atoms with Gasteiger partial charge >= 0.3 is 5.97 Å². The van der Waals surface area contributed by atoms with E-state index in [4.69, 9.17) is 4.74 Å². The summed E-state index contributed by atoms with van der Waals surface area (Å²) in [6, 6.07) is 0. The van der Waals surface area contributed by atoms with Gasteiger partial charge in [0.15, 0.2) is 10.9 Å². The van der Waals surface area contributed by atoms with Crippen LogP contribution in [0, 0.1) is 33.6 Å². The molecule has 0 bridgehead atoms. The molecule has 0 fully saturated rings. The maximum atomic E-state index is 12.8. The molecule has 0 radical (unpaired) electrons. The molecule has 27 heavy (non-hydrogen) atoms. The third-order valence-electron chi connectivity index (χ3n) is 4.50. The third-order valence-corrected chi connectivity index (χ3v) is 5.48. The number of aryl methyl sites for hydroxylation is 2. The first-order valence-electron chi connectivity index (χ1n) is 9.23. The van der Waals surface area contributed by atoms with Crippen molar-refractivity contribution in [1.82, 2.24) is 14.5 Å². The van der Waals surface area contributed by atoms with Crippen LogP contribution in [-0.2, 0) is 11.3 Å². The van der Waals surface area contributed by atoms with Crippen LogP contribution in [0.2, 0.25) is 0 Å². The minimum atomic E-state index is -0.394. The average Bonchev–Trinajstić information content (AvgIpc) is 3.03. The fraction of sp³-hybridized carbons (Fsp3) is 0.550. The van der Waals surface area contributed by atoms with E-state index in [1.165, 1.54) is 11.8 Å². The Labute approximate surface area is 165 Å². The number of ketones is 1.